The van der Waals surface area contributed by atoms with Crippen LogP contribution in [0.2, 0.25) is 0 Å². The van der Waals surface area contributed by atoms with E-state index in [0.717, 1.165) is 17.9 Å². The van der Waals surface area contributed by atoms with Crippen LogP contribution in [0, 0.1) is 0 Å². The summed E-state index contributed by atoms with van der Waals surface area (Å²) in [6.07, 6.45) is 0. The number of hydrogen-bond acceptors (Lipinski definition) is 4. The highest BCUT2D eigenvalue weighted by Crippen LogP contribution is 2.22. The van der Waals surface area contributed by atoms with Crippen molar-refractivity contribution in [2.24, 2.45) is 0 Å². The number of pyridine rings is 1. The molecule has 2 aromatic rings. The standard InChI is InChI=1S/C14H16N2O2/c1-15-10-11-5-3-6-12(9-11)18-14-8-4-7-13(16-14)17-2/h3-9,15H,10H2,1-2H3. The van der Waals surface area contributed by atoms with Crippen LogP contribution in [-0.2, 0) is 6.54 Å². The minimum atomic E-state index is 0.524. The number of ether oxygens (including phenoxy) is 2. The van der Waals surface area contributed by atoms with E-state index >= 15 is 0 Å². The number of methoxy groups -OCH3 is 1. The predicted molar refractivity (Wildman–Crippen MR) is 70.1 cm³/mol. The summed E-state index contributed by atoms with van der Waals surface area (Å²) in [5.41, 5.74) is 1.16. The third-order valence-electron chi connectivity index (χ3n) is 2.41. The smallest absolute Gasteiger partial charge is 0.222 e. The third-order valence-corrected chi connectivity index (χ3v) is 2.41. The van der Waals surface area contributed by atoms with E-state index in [1.807, 2.05) is 37.4 Å². The number of hydrogen-bond donors (Lipinski definition) is 1. The molecule has 0 amide bonds. The van der Waals surface area contributed by atoms with Crippen molar-refractivity contribution in [1.29, 1.82) is 0 Å². The number of nitrogens with one attached hydrogen (secondary N) is 1. The van der Waals surface area contributed by atoms with Crippen LogP contribution in [0.3, 0.4) is 0 Å². The Morgan fingerprint density at radius 1 is 1.11 bits per heavy atom. The highest BCUT2D eigenvalue weighted by Gasteiger charge is 2.01. The summed E-state index contributed by atoms with van der Waals surface area (Å²) in [4.78, 5) is 4.20. The van der Waals surface area contributed by atoms with Gasteiger partial charge in [0.2, 0.25) is 11.8 Å². The van der Waals surface area contributed by atoms with Crippen LogP contribution in [0.1, 0.15) is 5.56 Å². The van der Waals surface area contributed by atoms with E-state index in [1.165, 1.54) is 0 Å². The summed E-state index contributed by atoms with van der Waals surface area (Å²) in [5.74, 6) is 1.83. The van der Waals surface area contributed by atoms with Crippen molar-refractivity contribution in [3.05, 3.63) is 48.0 Å². The second-order valence-corrected chi connectivity index (χ2v) is 3.80. The molecule has 1 N–H and O–H groups in total. The monoisotopic (exact) mass is 244 g/mol. The topological polar surface area (TPSA) is 43.4 Å². The molecule has 0 radical (unpaired) electrons. The van der Waals surface area contributed by atoms with Gasteiger partial charge in [0.05, 0.1) is 7.11 Å². The van der Waals surface area contributed by atoms with Gasteiger partial charge in [0.1, 0.15) is 5.75 Å². The maximum Gasteiger partial charge on any atom is 0.222 e. The number of benzene rings is 1. The molecule has 0 saturated carbocycles. The van der Waals surface area contributed by atoms with Gasteiger partial charge in [-0.25, -0.2) is 0 Å². The molecule has 4 nitrogen and oxygen atoms in total. The van der Waals surface area contributed by atoms with Gasteiger partial charge in [-0.2, -0.15) is 4.98 Å². The molecule has 0 aliphatic heterocycles. The fraction of sp³-hybridized carbons (Fsp3) is 0.214. The van der Waals surface area contributed by atoms with Crippen LogP contribution in [0.15, 0.2) is 42.5 Å². The maximum absolute atomic E-state index is 5.69. The Morgan fingerprint density at radius 3 is 2.67 bits per heavy atom. The second kappa shape index (κ2) is 6.02. The lowest BCUT2D eigenvalue weighted by Crippen LogP contribution is -2.04. The van der Waals surface area contributed by atoms with Crippen molar-refractivity contribution in [1.82, 2.24) is 10.3 Å². The highest BCUT2D eigenvalue weighted by atomic mass is 16.5. The Morgan fingerprint density at radius 2 is 1.89 bits per heavy atom. The summed E-state index contributed by atoms with van der Waals surface area (Å²) in [6.45, 7) is 0.808. The molecular formula is C14H16N2O2. The summed E-state index contributed by atoms with van der Waals surface area (Å²) in [6, 6.07) is 13.3. The van der Waals surface area contributed by atoms with Gasteiger partial charge in [0.25, 0.3) is 0 Å². The highest BCUT2D eigenvalue weighted by molar-refractivity contribution is 5.32. The fourth-order valence-electron chi connectivity index (χ4n) is 1.61. The second-order valence-electron chi connectivity index (χ2n) is 3.80. The molecule has 0 bridgehead atoms. The first-order valence-corrected chi connectivity index (χ1v) is 5.74. The quantitative estimate of drug-likeness (QED) is 0.878. The number of aromatic nitrogens is 1. The summed E-state index contributed by atoms with van der Waals surface area (Å²) < 4.78 is 10.7. The molecule has 0 spiro atoms. The molecular weight excluding hydrogens is 228 g/mol. The van der Waals surface area contributed by atoms with Crippen molar-refractivity contribution < 1.29 is 9.47 Å². The van der Waals surface area contributed by atoms with Crippen LogP contribution in [0.25, 0.3) is 0 Å². The van der Waals surface area contributed by atoms with Gasteiger partial charge < -0.3 is 14.8 Å². The van der Waals surface area contributed by atoms with E-state index in [2.05, 4.69) is 10.3 Å². The van der Waals surface area contributed by atoms with Gasteiger partial charge in [-0.1, -0.05) is 18.2 Å². The number of nitrogens with zero attached hydrogens (tertiary/aromatic N) is 1. The van der Waals surface area contributed by atoms with Gasteiger partial charge in [0, 0.05) is 18.7 Å². The van der Waals surface area contributed by atoms with E-state index in [4.69, 9.17) is 9.47 Å². The van der Waals surface area contributed by atoms with E-state index in [1.54, 1.807) is 19.2 Å². The average molecular weight is 244 g/mol. The van der Waals surface area contributed by atoms with Crippen molar-refractivity contribution in [3.63, 3.8) is 0 Å². The Bertz CT molecular complexity index is 515. The van der Waals surface area contributed by atoms with Crippen molar-refractivity contribution in [3.8, 4) is 17.5 Å². The minimum absolute atomic E-state index is 0.524. The molecule has 0 saturated heterocycles. The molecule has 0 atom stereocenters. The lowest BCUT2D eigenvalue weighted by Gasteiger charge is -2.07. The van der Waals surface area contributed by atoms with Gasteiger partial charge in [-0.05, 0) is 24.7 Å². The van der Waals surface area contributed by atoms with Gasteiger partial charge >= 0.3 is 0 Å². The van der Waals surface area contributed by atoms with Gasteiger partial charge in [0.15, 0.2) is 0 Å². The zero-order valence-electron chi connectivity index (χ0n) is 10.5. The molecule has 4 heteroatoms. The first kappa shape index (κ1) is 12.4. The molecule has 0 aliphatic rings. The van der Waals surface area contributed by atoms with E-state index in [9.17, 15) is 0 Å². The SMILES string of the molecule is CNCc1cccc(Oc2cccc(OC)n2)c1. The van der Waals surface area contributed by atoms with Crippen LogP contribution >= 0.6 is 0 Å². The van der Waals surface area contributed by atoms with E-state index in [-0.39, 0.29) is 0 Å². The number of rotatable bonds is 5. The fourth-order valence-corrected chi connectivity index (χ4v) is 1.61. The van der Waals surface area contributed by atoms with Crippen LogP contribution < -0.4 is 14.8 Å². The Kier molecular flexibility index (Phi) is 4.15. The Hall–Kier alpha value is -2.07. The van der Waals surface area contributed by atoms with Crippen molar-refractivity contribution in [2.45, 2.75) is 6.54 Å². The molecule has 0 aliphatic carbocycles. The summed E-state index contributed by atoms with van der Waals surface area (Å²) in [7, 11) is 3.50. The van der Waals surface area contributed by atoms with Crippen molar-refractivity contribution in [2.75, 3.05) is 14.2 Å². The first-order chi connectivity index (χ1) is 8.81. The molecule has 18 heavy (non-hydrogen) atoms. The molecule has 0 fully saturated rings. The van der Waals surface area contributed by atoms with Crippen LogP contribution in [0.4, 0.5) is 0 Å². The lowest BCUT2D eigenvalue weighted by molar-refractivity contribution is 0.383. The van der Waals surface area contributed by atoms with E-state index in [0.29, 0.717) is 11.8 Å². The van der Waals surface area contributed by atoms with Crippen LogP contribution in [-0.4, -0.2) is 19.1 Å². The summed E-state index contributed by atoms with van der Waals surface area (Å²) in [5, 5.41) is 3.10. The molecule has 1 aromatic carbocycles. The van der Waals surface area contributed by atoms with Crippen LogP contribution in [0.5, 0.6) is 17.5 Å². The maximum atomic E-state index is 5.69. The Balaban J connectivity index is 2.14. The molecule has 94 valence electrons. The third kappa shape index (κ3) is 3.21. The zero-order chi connectivity index (χ0) is 12.8. The molecule has 1 heterocycles. The van der Waals surface area contributed by atoms with Gasteiger partial charge in [-0.3, -0.25) is 0 Å². The van der Waals surface area contributed by atoms with Crippen molar-refractivity contribution >= 4 is 0 Å². The minimum Gasteiger partial charge on any atom is -0.481 e. The molecule has 0 unspecified atom stereocenters. The molecule has 2 rings (SSSR count). The normalized spacial score (nSPS) is 10.1. The van der Waals surface area contributed by atoms with E-state index < -0.39 is 0 Å². The zero-order valence-corrected chi connectivity index (χ0v) is 10.5. The largest absolute Gasteiger partial charge is 0.481 e. The molecule has 1 aromatic heterocycles. The first-order valence-electron chi connectivity index (χ1n) is 5.74. The summed E-state index contributed by atoms with van der Waals surface area (Å²) >= 11 is 0. The average Bonchev–Trinajstić information content (AvgIpc) is 2.40. The lowest BCUT2D eigenvalue weighted by atomic mass is 10.2. The Labute approximate surface area is 107 Å². The van der Waals surface area contributed by atoms with Gasteiger partial charge in [-0.15, -0.1) is 0 Å². The predicted octanol–water partition coefficient (Wildman–Crippen LogP) is 2.60.